The SMILES string of the molecule is CC[C@@]1(C)Oc2cc(ccc2O)[C@@H](O)[C@H](NC)C(=O)N[C@@H](C)C(=O)N[C@@H]1C(=O)NCC(=O)O. The number of fused-ring (bicyclic) bond motifs is 2. The second-order valence-electron chi connectivity index (χ2n) is 7.99. The quantitative estimate of drug-likeness (QED) is 0.279. The van der Waals surface area contributed by atoms with E-state index in [1.807, 2.05) is 0 Å². The third kappa shape index (κ3) is 5.90. The third-order valence-electron chi connectivity index (χ3n) is 5.61. The van der Waals surface area contributed by atoms with Crippen molar-refractivity contribution >= 4 is 23.7 Å². The number of carboxylic acid groups (broad SMARTS) is 1. The second-order valence-corrected chi connectivity index (χ2v) is 7.99. The molecule has 1 aromatic carbocycles. The summed E-state index contributed by atoms with van der Waals surface area (Å²) in [6.45, 7) is 3.90. The molecule has 0 saturated carbocycles. The van der Waals surface area contributed by atoms with Gasteiger partial charge in [0.25, 0.3) is 0 Å². The van der Waals surface area contributed by atoms with Crippen LogP contribution < -0.4 is 26.0 Å². The van der Waals surface area contributed by atoms with Gasteiger partial charge in [0.15, 0.2) is 11.5 Å². The molecule has 2 rings (SSSR count). The molecule has 0 radical (unpaired) electrons. The van der Waals surface area contributed by atoms with Gasteiger partial charge < -0.3 is 41.3 Å². The van der Waals surface area contributed by atoms with Crippen LogP contribution in [0.1, 0.15) is 38.9 Å². The number of ether oxygens (including phenoxy) is 1. The molecule has 7 N–H and O–H groups in total. The van der Waals surface area contributed by atoms with Crippen molar-refractivity contribution < 1.29 is 39.2 Å². The molecule has 12 nitrogen and oxygen atoms in total. The van der Waals surface area contributed by atoms with Crippen LogP contribution in [0.25, 0.3) is 0 Å². The molecule has 2 bridgehead atoms. The number of hydrogen-bond donors (Lipinski definition) is 7. The Labute approximate surface area is 190 Å². The lowest BCUT2D eigenvalue weighted by Crippen LogP contribution is -2.64. The molecule has 1 heterocycles. The topological polar surface area (TPSA) is 186 Å². The molecule has 0 saturated heterocycles. The fourth-order valence-electron chi connectivity index (χ4n) is 3.40. The lowest BCUT2D eigenvalue weighted by molar-refractivity contribution is -0.140. The zero-order valence-electron chi connectivity index (χ0n) is 18.8. The maximum absolute atomic E-state index is 12.9. The molecule has 0 aliphatic carbocycles. The van der Waals surface area contributed by atoms with Gasteiger partial charge in [-0.3, -0.25) is 19.2 Å². The summed E-state index contributed by atoms with van der Waals surface area (Å²) in [7, 11) is 1.46. The monoisotopic (exact) mass is 466 g/mol. The lowest BCUT2D eigenvalue weighted by atomic mass is 9.91. The number of carbonyl (C=O) groups is 4. The first-order valence-corrected chi connectivity index (χ1v) is 10.4. The van der Waals surface area contributed by atoms with Crippen LogP contribution in [0.5, 0.6) is 11.5 Å². The molecule has 1 aliphatic rings. The van der Waals surface area contributed by atoms with E-state index in [4.69, 9.17) is 9.84 Å². The van der Waals surface area contributed by atoms with Gasteiger partial charge in [0.2, 0.25) is 17.7 Å². The summed E-state index contributed by atoms with van der Waals surface area (Å²) in [5, 5.41) is 39.9. The van der Waals surface area contributed by atoms with Crippen molar-refractivity contribution in [2.45, 2.75) is 57.0 Å². The summed E-state index contributed by atoms with van der Waals surface area (Å²) in [6.07, 6.45) is -1.19. The summed E-state index contributed by atoms with van der Waals surface area (Å²) in [4.78, 5) is 49.3. The summed E-state index contributed by atoms with van der Waals surface area (Å²) in [5.74, 6) is -3.91. The lowest BCUT2D eigenvalue weighted by Gasteiger charge is -2.37. The van der Waals surface area contributed by atoms with Crippen LogP contribution in [0.2, 0.25) is 0 Å². The van der Waals surface area contributed by atoms with Crippen LogP contribution in [0.4, 0.5) is 0 Å². The Morgan fingerprint density at radius 2 is 1.88 bits per heavy atom. The van der Waals surface area contributed by atoms with Gasteiger partial charge in [-0.2, -0.15) is 0 Å². The number of likely N-dealkylation sites (N-methyl/N-ethyl adjacent to an activating group) is 1. The molecule has 0 fully saturated rings. The Hall–Kier alpha value is -3.38. The Kier molecular flexibility index (Phi) is 8.23. The highest BCUT2D eigenvalue weighted by molar-refractivity contribution is 5.94. The van der Waals surface area contributed by atoms with Gasteiger partial charge in [0, 0.05) is 0 Å². The molecule has 33 heavy (non-hydrogen) atoms. The van der Waals surface area contributed by atoms with E-state index in [2.05, 4.69) is 21.3 Å². The molecule has 0 spiro atoms. The van der Waals surface area contributed by atoms with Crippen LogP contribution in [-0.4, -0.2) is 76.3 Å². The number of amides is 3. The molecule has 0 unspecified atom stereocenters. The number of carboxylic acids is 1. The molecule has 1 aliphatic heterocycles. The van der Waals surface area contributed by atoms with Gasteiger partial charge in [-0.05, 0) is 45.0 Å². The van der Waals surface area contributed by atoms with Crippen LogP contribution in [0, 0.1) is 0 Å². The maximum Gasteiger partial charge on any atom is 0.322 e. The number of aliphatic hydroxyl groups excluding tert-OH is 1. The van der Waals surface area contributed by atoms with Crippen molar-refractivity contribution in [3.63, 3.8) is 0 Å². The normalized spacial score (nSPS) is 28.2. The zero-order valence-corrected chi connectivity index (χ0v) is 18.8. The third-order valence-corrected chi connectivity index (χ3v) is 5.61. The van der Waals surface area contributed by atoms with E-state index >= 15 is 0 Å². The van der Waals surface area contributed by atoms with Crippen molar-refractivity contribution in [3.8, 4) is 11.5 Å². The van der Waals surface area contributed by atoms with E-state index in [9.17, 15) is 29.4 Å². The smallest absolute Gasteiger partial charge is 0.322 e. The average Bonchev–Trinajstić information content (AvgIpc) is 2.76. The van der Waals surface area contributed by atoms with E-state index in [1.165, 1.54) is 39.1 Å². The number of nitrogens with one attached hydrogen (secondary N) is 4. The molecule has 1 aromatic rings. The number of aliphatic hydroxyl groups is 1. The maximum atomic E-state index is 12.9. The summed E-state index contributed by atoms with van der Waals surface area (Å²) in [6, 6.07) is 0.398. The van der Waals surface area contributed by atoms with Gasteiger partial charge in [-0.15, -0.1) is 0 Å². The number of hydrogen-bond acceptors (Lipinski definition) is 8. The van der Waals surface area contributed by atoms with Gasteiger partial charge >= 0.3 is 5.97 Å². The number of rotatable bonds is 5. The van der Waals surface area contributed by atoms with Gasteiger partial charge in [0.1, 0.15) is 36.4 Å². The minimum Gasteiger partial charge on any atom is -0.504 e. The van der Waals surface area contributed by atoms with E-state index < -0.39 is 60.1 Å². The van der Waals surface area contributed by atoms with Crippen LogP contribution in [0.15, 0.2) is 18.2 Å². The predicted octanol–water partition coefficient (Wildman–Crippen LogP) is -1.23. The number of carbonyl (C=O) groups excluding carboxylic acids is 3. The molecule has 5 atom stereocenters. The largest absolute Gasteiger partial charge is 0.504 e. The van der Waals surface area contributed by atoms with Crippen LogP contribution >= 0.6 is 0 Å². The predicted molar refractivity (Wildman–Crippen MR) is 115 cm³/mol. The Bertz CT molecular complexity index is 924. The van der Waals surface area contributed by atoms with Gasteiger partial charge in [0.05, 0.1) is 0 Å². The van der Waals surface area contributed by atoms with Gasteiger partial charge in [-0.25, -0.2) is 0 Å². The number of aliphatic carboxylic acids is 1. The Morgan fingerprint density at radius 1 is 1.21 bits per heavy atom. The van der Waals surface area contributed by atoms with Crippen LogP contribution in [-0.2, 0) is 19.2 Å². The van der Waals surface area contributed by atoms with E-state index in [-0.39, 0.29) is 23.5 Å². The molecular weight excluding hydrogens is 436 g/mol. The molecular formula is C21H30N4O8. The van der Waals surface area contributed by atoms with E-state index in [0.717, 1.165) is 0 Å². The highest BCUT2D eigenvalue weighted by Crippen LogP contribution is 2.35. The number of phenols is 1. The summed E-state index contributed by atoms with van der Waals surface area (Å²) in [5.41, 5.74) is -1.20. The zero-order chi connectivity index (χ0) is 24.9. The first-order valence-electron chi connectivity index (χ1n) is 10.4. The van der Waals surface area contributed by atoms with Crippen molar-refractivity contribution in [3.05, 3.63) is 23.8 Å². The minimum atomic E-state index is -1.44. The Balaban J connectivity index is 2.60. The molecule has 0 aromatic heterocycles. The minimum absolute atomic E-state index is 0.0938. The van der Waals surface area contributed by atoms with Crippen LogP contribution in [0.3, 0.4) is 0 Å². The van der Waals surface area contributed by atoms with Crippen molar-refractivity contribution in [2.75, 3.05) is 13.6 Å². The highest BCUT2D eigenvalue weighted by Gasteiger charge is 2.43. The average molecular weight is 466 g/mol. The fraction of sp³-hybridized carbons (Fsp3) is 0.524. The van der Waals surface area contributed by atoms with E-state index in [1.54, 1.807) is 6.92 Å². The van der Waals surface area contributed by atoms with Crippen molar-refractivity contribution in [1.82, 2.24) is 21.3 Å². The number of phenolic OH excluding ortho intramolecular Hbond substituents is 1. The number of benzene rings is 1. The molecule has 12 heteroatoms. The van der Waals surface area contributed by atoms with E-state index in [0.29, 0.717) is 0 Å². The highest BCUT2D eigenvalue weighted by atomic mass is 16.5. The Morgan fingerprint density at radius 3 is 2.45 bits per heavy atom. The summed E-state index contributed by atoms with van der Waals surface area (Å²) >= 11 is 0. The van der Waals surface area contributed by atoms with Crippen molar-refractivity contribution in [2.24, 2.45) is 0 Å². The summed E-state index contributed by atoms with van der Waals surface area (Å²) < 4.78 is 5.99. The van der Waals surface area contributed by atoms with Gasteiger partial charge in [-0.1, -0.05) is 13.0 Å². The number of aromatic hydroxyl groups is 1. The standard InChI is InChI=1S/C21H30N4O8/c1-5-21(3)17(20(32)23-9-14(27)28)25-18(30)10(2)24-19(31)15(22-4)16(29)11-6-7-12(26)13(8-11)33-21/h6-8,10,15-17,22,26,29H,5,9H2,1-4H3,(H,23,32)(H,24,31)(H,25,30)(H,27,28)/t10-,15-,16+,17+,21+/m0/s1. The fourth-order valence-corrected chi connectivity index (χ4v) is 3.40. The second kappa shape index (κ2) is 10.5. The van der Waals surface area contributed by atoms with Crippen molar-refractivity contribution in [1.29, 1.82) is 0 Å². The molecule has 3 amide bonds. The first-order chi connectivity index (χ1) is 15.4. The molecule has 182 valence electrons. The first kappa shape index (κ1) is 25.9.